The number of rotatable bonds is 4. The fourth-order valence-corrected chi connectivity index (χ4v) is 2.91. The monoisotopic (exact) mass is 397 g/mol. The lowest BCUT2D eigenvalue weighted by Gasteiger charge is -2.05. The van der Waals surface area contributed by atoms with Crippen molar-refractivity contribution in [1.82, 2.24) is 0 Å². The van der Waals surface area contributed by atoms with Crippen molar-refractivity contribution in [3.8, 4) is 23.0 Å². The molecular formula is C24H19F4N. The van der Waals surface area contributed by atoms with E-state index >= 15 is 0 Å². The van der Waals surface area contributed by atoms with Crippen molar-refractivity contribution in [3.05, 3.63) is 88.5 Å². The fourth-order valence-electron chi connectivity index (χ4n) is 2.91. The quantitative estimate of drug-likeness (QED) is 0.315. The van der Waals surface area contributed by atoms with Gasteiger partial charge in [-0.1, -0.05) is 37.3 Å². The van der Waals surface area contributed by atoms with Crippen LogP contribution in [0.15, 0.2) is 48.5 Å². The Bertz CT molecular complexity index is 1050. The summed E-state index contributed by atoms with van der Waals surface area (Å²) in [5.41, 5.74) is 6.63. The highest BCUT2D eigenvalue weighted by Gasteiger charge is 2.10. The van der Waals surface area contributed by atoms with Gasteiger partial charge < -0.3 is 5.73 Å². The van der Waals surface area contributed by atoms with Crippen molar-refractivity contribution in [3.63, 3.8) is 0 Å². The molecule has 0 atom stereocenters. The van der Waals surface area contributed by atoms with Crippen LogP contribution < -0.4 is 5.73 Å². The standard InChI is InChI=1S/C24H19F4N/c1-2-3-4-19-20(25)11-16(12-21(19)26)6-5-15-7-9-17(10-8-15)18-13-22(27)24(29)23(28)14-18/h7-14H,2-4,29H2,1H3. The van der Waals surface area contributed by atoms with Crippen LogP contribution in [0.4, 0.5) is 23.2 Å². The third-order valence-corrected chi connectivity index (χ3v) is 4.57. The average Bonchev–Trinajstić information content (AvgIpc) is 2.70. The summed E-state index contributed by atoms with van der Waals surface area (Å²) in [4.78, 5) is 0. The summed E-state index contributed by atoms with van der Waals surface area (Å²) < 4.78 is 55.5. The maximum atomic E-state index is 14.1. The van der Waals surface area contributed by atoms with Crippen molar-refractivity contribution < 1.29 is 17.6 Å². The van der Waals surface area contributed by atoms with Crippen LogP contribution in [0.3, 0.4) is 0 Å². The largest absolute Gasteiger partial charge is 0.394 e. The molecule has 0 fully saturated rings. The number of hydrogen-bond donors (Lipinski definition) is 1. The van der Waals surface area contributed by atoms with Gasteiger partial charge in [-0.2, -0.15) is 0 Å². The minimum Gasteiger partial charge on any atom is -0.394 e. The molecular weight excluding hydrogens is 378 g/mol. The van der Waals surface area contributed by atoms with Crippen LogP contribution in [0, 0.1) is 35.1 Å². The number of benzene rings is 3. The van der Waals surface area contributed by atoms with E-state index in [-0.39, 0.29) is 11.1 Å². The van der Waals surface area contributed by atoms with Gasteiger partial charge in [-0.3, -0.25) is 0 Å². The Morgan fingerprint density at radius 3 is 1.83 bits per heavy atom. The second kappa shape index (κ2) is 8.83. The Morgan fingerprint density at radius 1 is 0.724 bits per heavy atom. The zero-order valence-electron chi connectivity index (χ0n) is 15.8. The minimum atomic E-state index is -0.824. The van der Waals surface area contributed by atoms with Crippen molar-refractivity contribution >= 4 is 5.69 Å². The van der Waals surface area contributed by atoms with Crippen molar-refractivity contribution in [2.24, 2.45) is 0 Å². The van der Waals surface area contributed by atoms with E-state index in [9.17, 15) is 17.6 Å². The van der Waals surface area contributed by atoms with E-state index in [1.54, 1.807) is 24.3 Å². The first kappa shape index (κ1) is 20.5. The van der Waals surface area contributed by atoms with Gasteiger partial charge in [-0.25, -0.2) is 17.6 Å². The normalized spacial score (nSPS) is 10.5. The molecule has 0 heterocycles. The number of nitrogen functional groups attached to an aromatic ring is 1. The molecule has 5 heteroatoms. The highest BCUT2D eigenvalue weighted by atomic mass is 19.1. The van der Waals surface area contributed by atoms with Gasteiger partial charge in [-0.15, -0.1) is 0 Å². The predicted octanol–water partition coefficient (Wildman–Crippen LogP) is 6.23. The van der Waals surface area contributed by atoms with Crippen LogP contribution in [0.2, 0.25) is 0 Å². The summed E-state index contributed by atoms with van der Waals surface area (Å²) in [7, 11) is 0. The second-order valence-corrected chi connectivity index (χ2v) is 6.70. The molecule has 148 valence electrons. The molecule has 3 aromatic carbocycles. The topological polar surface area (TPSA) is 26.0 Å². The van der Waals surface area contributed by atoms with Gasteiger partial charge in [0, 0.05) is 16.7 Å². The Kier molecular flexibility index (Phi) is 6.23. The number of unbranched alkanes of at least 4 members (excludes halogenated alkanes) is 1. The number of nitrogens with two attached hydrogens (primary N) is 1. The molecule has 2 N–H and O–H groups in total. The Labute approximate surface area is 167 Å². The van der Waals surface area contributed by atoms with E-state index in [1.807, 2.05) is 6.92 Å². The molecule has 3 rings (SSSR count). The van der Waals surface area contributed by atoms with Crippen LogP contribution in [0.1, 0.15) is 36.5 Å². The third kappa shape index (κ3) is 4.78. The Hall–Kier alpha value is -3.26. The van der Waals surface area contributed by atoms with Gasteiger partial charge in [0.05, 0.1) is 0 Å². The molecule has 0 amide bonds. The molecule has 0 aliphatic carbocycles. The third-order valence-electron chi connectivity index (χ3n) is 4.57. The maximum Gasteiger partial charge on any atom is 0.149 e. The molecule has 0 aromatic heterocycles. The number of halogens is 4. The first-order valence-electron chi connectivity index (χ1n) is 9.24. The van der Waals surface area contributed by atoms with Gasteiger partial charge in [0.2, 0.25) is 0 Å². The SMILES string of the molecule is CCCCc1c(F)cc(C#Cc2ccc(-c3cc(F)c(N)c(F)c3)cc2)cc1F. The van der Waals surface area contributed by atoms with E-state index in [0.717, 1.165) is 18.6 Å². The number of anilines is 1. The first-order valence-corrected chi connectivity index (χ1v) is 9.24. The smallest absolute Gasteiger partial charge is 0.149 e. The second-order valence-electron chi connectivity index (χ2n) is 6.70. The van der Waals surface area contributed by atoms with E-state index in [2.05, 4.69) is 11.8 Å². The molecule has 1 nitrogen and oxygen atoms in total. The summed E-state index contributed by atoms with van der Waals surface area (Å²) in [6.07, 6.45) is 1.93. The molecule has 0 saturated carbocycles. The molecule has 29 heavy (non-hydrogen) atoms. The summed E-state index contributed by atoms with van der Waals surface area (Å²) in [5, 5.41) is 0. The zero-order valence-corrected chi connectivity index (χ0v) is 15.8. The summed E-state index contributed by atoms with van der Waals surface area (Å²) in [6, 6.07) is 11.4. The molecule has 0 radical (unpaired) electrons. The predicted molar refractivity (Wildman–Crippen MR) is 107 cm³/mol. The van der Waals surface area contributed by atoms with Gasteiger partial charge in [0.1, 0.15) is 29.0 Å². The van der Waals surface area contributed by atoms with Crippen LogP contribution in [0.5, 0.6) is 0 Å². The highest BCUT2D eigenvalue weighted by Crippen LogP contribution is 2.26. The average molecular weight is 397 g/mol. The number of hydrogen-bond acceptors (Lipinski definition) is 1. The van der Waals surface area contributed by atoms with Crippen molar-refractivity contribution in [2.45, 2.75) is 26.2 Å². The molecule has 3 aromatic rings. The fraction of sp³-hybridized carbons (Fsp3) is 0.167. The van der Waals surface area contributed by atoms with Crippen LogP contribution in [-0.2, 0) is 6.42 Å². The van der Waals surface area contributed by atoms with Gasteiger partial charge in [0.25, 0.3) is 0 Å². The Morgan fingerprint density at radius 2 is 1.28 bits per heavy atom. The molecule has 0 bridgehead atoms. The van der Waals surface area contributed by atoms with Crippen LogP contribution >= 0.6 is 0 Å². The van der Waals surface area contributed by atoms with Gasteiger partial charge in [0.15, 0.2) is 0 Å². The van der Waals surface area contributed by atoms with E-state index in [1.165, 1.54) is 12.1 Å². The first-order chi connectivity index (χ1) is 13.9. The molecule has 0 aliphatic heterocycles. The van der Waals surface area contributed by atoms with Crippen molar-refractivity contribution in [1.29, 1.82) is 0 Å². The van der Waals surface area contributed by atoms with E-state index in [4.69, 9.17) is 5.73 Å². The summed E-state index contributed by atoms with van der Waals surface area (Å²) in [5.74, 6) is 2.75. The zero-order chi connectivity index (χ0) is 21.0. The lowest BCUT2D eigenvalue weighted by atomic mass is 10.0. The van der Waals surface area contributed by atoms with Gasteiger partial charge >= 0.3 is 0 Å². The molecule has 0 spiro atoms. The lowest BCUT2D eigenvalue weighted by molar-refractivity contribution is 0.548. The van der Waals surface area contributed by atoms with Crippen LogP contribution in [-0.4, -0.2) is 0 Å². The van der Waals surface area contributed by atoms with Crippen molar-refractivity contribution in [2.75, 3.05) is 5.73 Å². The molecule has 0 aliphatic rings. The summed E-state index contributed by atoms with van der Waals surface area (Å²) >= 11 is 0. The van der Waals surface area contributed by atoms with E-state index in [0.29, 0.717) is 29.5 Å². The Balaban J connectivity index is 1.82. The van der Waals surface area contributed by atoms with E-state index < -0.39 is 29.0 Å². The maximum absolute atomic E-state index is 14.1. The van der Waals surface area contributed by atoms with Gasteiger partial charge in [-0.05, 0) is 60.4 Å². The van der Waals surface area contributed by atoms with Crippen LogP contribution in [0.25, 0.3) is 11.1 Å². The molecule has 0 unspecified atom stereocenters. The minimum absolute atomic E-state index is 0.0877. The highest BCUT2D eigenvalue weighted by molar-refractivity contribution is 5.67. The summed E-state index contributed by atoms with van der Waals surface area (Å²) in [6.45, 7) is 1.96. The lowest BCUT2D eigenvalue weighted by Crippen LogP contribution is -1.97. The molecule has 0 saturated heterocycles.